The van der Waals surface area contributed by atoms with Crippen molar-refractivity contribution in [3.8, 4) is 11.3 Å². The van der Waals surface area contributed by atoms with Crippen molar-refractivity contribution < 1.29 is 19.4 Å². The Labute approximate surface area is 185 Å². The molecule has 0 bridgehead atoms. The summed E-state index contributed by atoms with van der Waals surface area (Å²) in [5, 5.41) is 10.2. The van der Waals surface area contributed by atoms with Crippen LogP contribution in [-0.2, 0) is 9.47 Å². The topological polar surface area (TPSA) is 89.2 Å². The molecule has 1 aliphatic rings. The molecule has 0 unspecified atom stereocenters. The number of fused-ring (bicyclic) bond motifs is 1. The largest absolute Gasteiger partial charge is 0.444 e. The molecule has 1 fully saturated rings. The lowest BCUT2D eigenvalue weighted by molar-refractivity contribution is -0.0735. The van der Waals surface area contributed by atoms with Crippen LogP contribution in [-0.4, -0.2) is 61.9 Å². The first-order valence-electron chi connectivity index (χ1n) is 10.1. The zero-order chi connectivity index (χ0) is 22.2. The Hall–Kier alpha value is -2.68. The van der Waals surface area contributed by atoms with Crippen molar-refractivity contribution in [3.05, 3.63) is 53.6 Å². The van der Waals surface area contributed by atoms with E-state index in [-0.39, 0.29) is 19.8 Å². The minimum absolute atomic E-state index is 0.231. The highest BCUT2D eigenvalue weighted by atomic mass is 35.5. The molecule has 164 valence electrons. The van der Waals surface area contributed by atoms with E-state index in [1.807, 2.05) is 55.8 Å². The first kappa shape index (κ1) is 21.5. The summed E-state index contributed by atoms with van der Waals surface area (Å²) in [4.78, 5) is 23.3. The normalized spacial score (nSPS) is 19.6. The summed E-state index contributed by atoms with van der Waals surface area (Å²) in [6.45, 7) is 5.67. The van der Waals surface area contributed by atoms with Crippen LogP contribution in [0.3, 0.4) is 0 Å². The molecule has 0 aliphatic carbocycles. The van der Waals surface area contributed by atoms with Gasteiger partial charge in [0, 0.05) is 24.2 Å². The number of morpholine rings is 1. The maximum Gasteiger partial charge on any atom is 0.411 e. The molecule has 3 aromatic heterocycles. The van der Waals surface area contributed by atoms with Gasteiger partial charge < -0.3 is 19.0 Å². The summed E-state index contributed by atoms with van der Waals surface area (Å²) in [5.41, 5.74) is 2.38. The number of halogens is 1. The molecule has 2 atom stereocenters. The average molecular weight is 445 g/mol. The molecule has 1 aliphatic heterocycles. The van der Waals surface area contributed by atoms with E-state index in [0.29, 0.717) is 10.8 Å². The van der Waals surface area contributed by atoms with Crippen molar-refractivity contribution in [2.45, 2.75) is 38.5 Å². The summed E-state index contributed by atoms with van der Waals surface area (Å²) >= 11 is 6.36. The van der Waals surface area contributed by atoms with Crippen LogP contribution in [0.4, 0.5) is 4.79 Å². The van der Waals surface area contributed by atoms with Crippen LogP contribution in [0.15, 0.2) is 42.9 Å². The number of pyridine rings is 2. The van der Waals surface area contributed by atoms with Gasteiger partial charge in [-0.05, 0) is 50.6 Å². The lowest BCUT2D eigenvalue weighted by Gasteiger charge is -2.41. The van der Waals surface area contributed by atoms with Gasteiger partial charge in [-0.3, -0.25) is 4.90 Å². The van der Waals surface area contributed by atoms with E-state index in [2.05, 4.69) is 9.97 Å². The molecule has 1 N–H and O–H groups in total. The minimum Gasteiger partial charge on any atom is -0.444 e. The van der Waals surface area contributed by atoms with Gasteiger partial charge in [-0.15, -0.1) is 0 Å². The van der Waals surface area contributed by atoms with Crippen molar-refractivity contribution in [2.75, 3.05) is 19.8 Å². The lowest BCUT2D eigenvalue weighted by Crippen LogP contribution is -2.53. The van der Waals surface area contributed by atoms with Crippen LogP contribution in [0.5, 0.6) is 0 Å². The molecule has 3 aromatic rings. The third kappa shape index (κ3) is 4.66. The number of ether oxygens (including phenoxy) is 2. The summed E-state index contributed by atoms with van der Waals surface area (Å²) in [7, 11) is 0. The van der Waals surface area contributed by atoms with Gasteiger partial charge in [0.1, 0.15) is 16.4 Å². The maximum absolute atomic E-state index is 13.0. The highest BCUT2D eigenvalue weighted by Gasteiger charge is 2.38. The van der Waals surface area contributed by atoms with Crippen molar-refractivity contribution in [1.82, 2.24) is 19.3 Å². The molecule has 0 spiro atoms. The number of aliphatic hydroxyl groups excluding tert-OH is 1. The molecule has 4 rings (SSSR count). The molecular formula is C22H25ClN4O4. The number of imidazole rings is 1. The van der Waals surface area contributed by atoms with Crippen molar-refractivity contribution >= 4 is 23.3 Å². The summed E-state index contributed by atoms with van der Waals surface area (Å²) in [5.74, 6) is 0. The number of carbonyl (C=O) groups is 1. The number of aromatic nitrogens is 3. The molecule has 31 heavy (non-hydrogen) atoms. The number of hydrogen-bond acceptors (Lipinski definition) is 6. The van der Waals surface area contributed by atoms with Gasteiger partial charge >= 0.3 is 6.09 Å². The fraction of sp³-hybridized carbons (Fsp3) is 0.409. The second-order valence-corrected chi connectivity index (χ2v) is 8.88. The number of hydrogen-bond donors (Lipinski definition) is 1. The molecule has 9 heteroatoms. The van der Waals surface area contributed by atoms with Gasteiger partial charge in [-0.2, -0.15) is 0 Å². The predicted octanol–water partition coefficient (Wildman–Crippen LogP) is 3.72. The van der Waals surface area contributed by atoms with Crippen LogP contribution in [0.2, 0.25) is 5.15 Å². The Morgan fingerprint density at radius 3 is 2.84 bits per heavy atom. The highest BCUT2D eigenvalue weighted by Crippen LogP contribution is 2.33. The first-order chi connectivity index (χ1) is 14.7. The van der Waals surface area contributed by atoms with Gasteiger partial charge in [0.2, 0.25) is 0 Å². The zero-order valence-corrected chi connectivity index (χ0v) is 18.4. The standard InChI is InChI=1S/C22H25ClN4O4/c1-22(2,3)31-21(29)27-16(11-28)12-30-13-18(27)15-8-17(25-19(23)9-15)14-4-6-26-7-5-24-20(26)10-14/h4-10,16,18,28H,11-13H2,1-3H3/t16-,18+/m1/s1. The Morgan fingerprint density at radius 2 is 2.10 bits per heavy atom. The second kappa shape index (κ2) is 8.45. The van der Waals surface area contributed by atoms with Crippen LogP contribution in [0.25, 0.3) is 16.9 Å². The molecular weight excluding hydrogens is 420 g/mol. The minimum atomic E-state index is -0.666. The average Bonchev–Trinajstić information content (AvgIpc) is 3.19. The number of rotatable bonds is 3. The molecule has 4 heterocycles. The molecule has 1 saturated heterocycles. The van der Waals surface area contributed by atoms with Gasteiger partial charge in [0.25, 0.3) is 0 Å². The van der Waals surface area contributed by atoms with Gasteiger partial charge in [-0.25, -0.2) is 14.8 Å². The van der Waals surface area contributed by atoms with Crippen LogP contribution >= 0.6 is 11.6 Å². The monoisotopic (exact) mass is 444 g/mol. The predicted molar refractivity (Wildman–Crippen MR) is 116 cm³/mol. The number of amides is 1. The summed E-state index contributed by atoms with van der Waals surface area (Å²) in [6, 6.07) is 6.44. The van der Waals surface area contributed by atoms with Crippen LogP contribution < -0.4 is 0 Å². The van der Waals surface area contributed by atoms with Crippen molar-refractivity contribution in [3.63, 3.8) is 0 Å². The Bertz CT molecular complexity index is 1090. The van der Waals surface area contributed by atoms with E-state index in [0.717, 1.165) is 16.8 Å². The smallest absolute Gasteiger partial charge is 0.411 e. The van der Waals surface area contributed by atoms with E-state index in [4.69, 9.17) is 21.1 Å². The van der Waals surface area contributed by atoms with Crippen LogP contribution in [0.1, 0.15) is 32.4 Å². The first-order valence-corrected chi connectivity index (χ1v) is 10.4. The second-order valence-electron chi connectivity index (χ2n) is 8.49. The molecule has 1 amide bonds. The molecule has 0 aromatic carbocycles. The van der Waals surface area contributed by atoms with E-state index in [1.165, 1.54) is 0 Å². The fourth-order valence-electron chi connectivity index (χ4n) is 3.65. The van der Waals surface area contributed by atoms with Gasteiger partial charge in [0.05, 0.1) is 37.6 Å². The highest BCUT2D eigenvalue weighted by molar-refractivity contribution is 6.29. The van der Waals surface area contributed by atoms with E-state index < -0.39 is 23.8 Å². The maximum atomic E-state index is 13.0. The summed E-state index contributed by atoms with van der Waals surface area (Å²) < 4.78 is 13.2. The molecule has 0 radical (unpaired) electrons. The zero-order valence-electron chi connectivity index (χ0n) is 17.7. The van der Waals surface area contributed by atoms with E-state index in [1.54, 1.807) is 17.2 Å². The Morgan fingerprint density at radius 1 is 1.29 bits per heavy atom. The van der Waals surface area contributed by atoms with Crippen LogP contribution in [0, 0.1) is 0 Å². The number of nitrogens with zero attached hydrogens (tertiary/aromatic N) is 4. The Kier molecular flexibility index (Phi) is 5.88. The third-order valence-corrected chi connectivity index (χ3v) is 5.22. The van der Waals surface area contributed by atoms with Crippen molar-refractivity contribution in [1.29, 1.82) is 0 Å². The lowest BCUT2D eigenvalue weighted by atomic mass is 10.0. The molecule has 0 saturated carbocycles. The quantitative estimate of drug-likeness (QED) is 0.619. The van der Waals surface area contributed by atoms with Crippen molar-refractivity contribution in [2.24, 2.45) is 0 Å². The SMILES string of the molecule is CC(C)(C)OC(=O)N1[C@H](CO)COC[C@H]1c1cc(Cl)nc(-c2ccn3ccnc3c2)c1. The molecule has 8 nitrogen and oxygen atoms in total. The van der Waals surface area contributed by atoms with Gasteiger partial charge in [0.15, 0.2) is 0 Å². The third-order valence-electron chi connectivity index (χ3n) is 5.03. The summed E-state index contributed by atoms with van der Waals surface area (Å²) in [6.07, 6.45) is 4.98. The fourth-order valence-corrected chi connectivity index (χ4v) is 3.86. The number of aliphatic hydroxyl groups is 1. The Balaban J connectivity index is 1.73. The van der Waals surface area contributed by atoms with E-state index in [9.17, 15) is 9.90 Å². The number of carbonyl (C=O) groups excluding carboxylic acids is 1. The van der Waals surface area contributed by atoms with E-state index >= 15 is 0 Å². The van der Waals surface area contributed by atoms with Gasteiger partial charge in [-0.1, -0.05) is 11.6 Å².